The summed E-state index contributed by atoms with van der Waals surface area (Å²) in [6.45, 7) is 0. The Bertz CT molecular complexity index is 773. The SMILES string of the molecule is NS(=O)(=O)c1cc(-c2c(F)cncc2F)c(F)cc1F. The highest BCUT2D eigenvalue weighted by Crippen LogP contribution is 2.30. The van der Waals surface area contributed by atoms with Gasteiger partial charge in [0.15, 0.2) is 11.6 Å². The topological polar surface area (TPSA) is 73.1 Å². The largest absolute Gasteiger partial charge is 0.259 e. The third-order valence-electron chi connectivity index (χ3n) is 2.45. The Hall–Kier alpha value is -2.00. The Morgan fingerprint density at radius 2 is 1.45 bits per heavy atom. The molecular formula is C11H6F4N2O2S. The Morgan fingerprint density at radius 3 is 1.95 bits per heavy atom. The maximum absolute atomic E-state index is 13.6. The number of aromatic nitrogens is 1. The normalized spacial score (nSPS) is 11.7. The van der Waals surface area contributed by atoms with E-state index >= 15 is 0 Å². The van der Waals surface area contributed by atoms with Crippen molar-refractivity contribution < 1.29 is 26.0 Å². The molecule has 106 valence electrons. The molecule has 9 heteroatoms. The van der Waals surface area contributed by atoms with E-state index in [2.05, 4.69) is 4.98 Å². The fraction of sp³-hybridized carbons (Fsp3) is 0. The predicted octanol–water partition coefficient (Wildman–Crippen LogP) is 1.95. The zero-order chi connectivity index (χ0) is 15.1. The summed E-state index contributed by atoms with van der Waals surface area (Å²) in [6, 6.07) is 0.621. The Kier molecular flexibility index (Phi) is 3.48. The number of nitrogens with zero attached hydrogens (tertiary/aromatic N) is 1. The van der Waals surface area contributed by atoms with E-state index in [0.717, 1.165) is 0 Å². The van der Waals surface area contributed by atoms with Crippen LogP contribution < -0.4 is 5.14 Å². The maximum atomic E-state index is 13.6. The quantitative estimate of drug-likeness (QED) is 0.862. The Balaban J connectivity index is 2.82. The zero-order valence-corrected chi connectivity index (χ0v) is 10.4. The summed E-state index contributed by atoms with van der Waals surface area (Å²) in [5, 5.41) is 4.74. The van der Waals surface area contributed by atoms with E-state index in [0.29, 0.717) is 18.5 Å². The number of hydrogen-bond acceptors (Lipinski definition) is 3. The smallest absolute Gasteiger partial charge is 0.240 e. The predicted molar refractivity (Wildman–Crippen MR) is 60.9 cm³/mol. The Labute approximate surface area is 110 Å². The minimum atomic E-state index is -4.51. The summed E-state index contributed by atoms with van der Waals surface area (Å²) in [5.41, 5.74) is -1.63. The molecule has 2 N–H and O–H groups in total. The average molecular weight is 306 g/mol. The number of benzene rings is 1. The molecule has 0 amide bonds. The molecule has 0 saturated carbocycles. The molecule has 20 heavy (non-hydrogen) atoms. The molecular weight excluding hydrogens is 300 g/mol. The van der Waals surface area contributed by atoms with Gasteiger partial charge in [0, 0.05) is 11.6 Å². The van der Waals surface area contributed by atoms with Crippen LogP contribution in [-0.4, -0.2) is 13.4 Å². The molecule has 0 spiro atoms. The number of primary sulfonamides is 1. The first-order valence-electron chi connectivity index (χ1n) is 5.03. The molecule has 0 unspecified atom stereocenters. The van der Waals surface area contributed by atoms with Gasteiger partial charge in [-0.25, -0.2) is 31.1 Å². The minimum absolute atomic E-state index is 0.189. The fourth-order valence-corrected chi connectivity index (χ4v) is 2.22. The molecule has 0 atom stereocenters. The van der Waals surface area contributed by atoms with E-state index in [-0.39, 0.29) is 6.07 Å². The number of nitrogens with two attached hydrogens (primary N) is 1. The first-order chi connectivity index (χ1) is 9.21. The van der Waals surface area contributed by atoms with Crippen LogP contribution in [-0.2, 0) is 10.0 Å². The van der Waals surface area contributed by atoms with Gasteiger partial charge in [0.2, 0.25) is 10.0 Å². The first kappa shape index (κ1) is 14.4. The summed E-state index contributed by atoms with van der Waals surface area (Å²) >= 11 is 0. The van der Waals surface area contributed by atoms with Gasteiger partial charge in [0.05, 0.1) is 18.0 Å². The van der Waals surface area contributed by atoms with Gasteiger partial charge in [-0.05, 0) is 6.07 Å². The van der Waals surface area contributed by atoms with E-state index in [9.17, 15) is 26.0 Å². The summed E-state index contributed by atoms with van der Waals surface area (Å²) in [5.74, 6) is -5.24. The average Bonchev–Trinajstić information content (AvgIpc) is 2.29. The molecule has 2 aromatic rings. The molecule has 0 bridgehead atoms. The van der Waals surface area contributed by atoms with Crippen molar-refractivity contribution in [2.75, 3.05) is 0 Å². The van der Waals surface area contributed by atoms with Gasteiger partial charge >= 0.3 is 0 Å². The summed E-state index contributed by atoms with van der Waals surface area (Å²) in [7, 11) is -4.51. The standard InChI is InChI=1S/C11H6F4N2O2S/c12-6-2-7(13)10(20(16,18)19)1-5(6)11-8(14)3-17-4-9(11)15/h1-4H,(H2,16,18,19). The maximum Gasteiger partial charge on any atom is 0.240 e. The van der Waals surface area contributed by atoms with Crippen LogP contribution in [0.5, 0.6) is 0 Å². The van der Waals surface area contributed by atoms with Gasteiger partial charge in [0.1, 0.15) is 16.5 Å². The Morgan fingerprint density at radius 1 is 0.900 bits per heavy atom. The summed E-state index contributed by atoms with van der Waals surface area (Å²) < 4.78 is 76.2. The number of halogens is 4. The molecule has 0 fully saturated rings. The lowest BCUT2D eigenvalue weighted by Crippen LogP contribution is -2.14. The minimum Gasteiger partial charge on any atom is -0.259 e. The third-order valence-corrected chi connectivity index (χ3v) is 3.38. The molecule has 2 rings (SSSR count). The molecule has 0 aliphatic carbocycles. The van der Waals surface area contributed by atoms with Crippen LogP contribution in [0.25, 0.3) is 11.1 Å². The van der Waals surface area contributed by atoms with E-state index in [1.54, 1.807) is 0 Å². The fourth-order valence-electron chi connectivity index (χ4n) is 1.61. The van der Waals surface area contributed by atoms with Gasteiger partial charge in [-0.3, -0.25) is 4.98 Å². The molecule has 0 aliphatic rings. The van der Waals surface area contributed by atoms with Crippen molar-refractivity contribution in [2.24, 2.45) is 5.14 Å². The van der Waals surface area contributed by atoms with E-state index < -0.39 is 49.3 Å². The number of pyridine rings is 1. The van der Waals surface area contributed by atoms with Crippen LogP contribution in [0.15, 0.2) is 29.4 Å². The molecule has 4 nitrogen and oxygen atoms in total. The number of hydrogen-bond donors (Lipinski definition) is 1. The lowest BCUT2D eigenvalue weighted by Gasteiger charge is -2.09. The van der Waals surface area contributed by atoms with Gasteiger partial charge in [0.25, 0.3) is 0 Å². The highest BCUT2D eigenvalue weighted by Gasteiger charge is 2.22. The van der Waals surface area contributed by atoms with Crippen LogP contribution in [0.4, 0.5) is 17.6 Å². The van der Waals surface area contributed by atoms with Crippen LogP contribution >= 0.6 is 0 Å². The van der Waals surface area contributed by atoms with Crippen LogP contribution in [0, 0.1) is 23.3 Å². The van der Waals surface area contributed by atoms with Crippen LogP contribution in [0.1, 0.15) is 0 Å². The molecule has 0 saturated heterocycles. The monoisotopic (exact) mass is 306 g/mol. The van der Waals surface area contributed by atoms with Crippen molar-refractivity contribution in [1.82, 2.24) is 4.98 Å². The molecule has 1 aromatic carbocycles. The lowest BCUT2D eigenvalue weighted by atomic mass is 10.1. The second kappa shape index (κ2) is 4.84. The van der Waals surface area contributed by atoms with E-state index in [1.165, 1.54) is 0 Å². The van der Waals surface area contributed by atoms with Crippen molar-refractivity contribution in [3.8, 4) is 11.1 Å². The summed E-state index contributed by atoms with van der Waals surface area (Å²) in [6.07, 6.45) is 1.22. The first-order valence-corrected chi connectivity index (χ1v) is 6.57. The lowest BCUT2D eigenvalue weighted by molar-refractivity contribution is 0.545. The second-order valence-corrected chi connectivity index (χ2v) is 5.32. The number of sulfonamides is 1. The number of rotatable bonds is 2. The molecule has 1 aromatic heterocycles. The van der Waals surface area contributed by atoms with Crippen molar-refractivity contribution in [3.63, 3.8) is 0 Å². The van der Waals surface area contributed by atoms with Gasteiger partial charge in [-0.1, -0.05) is 0 Å². The van der Waals surface area contributed by atoms with Crippen molar-refractivity contribution in [2.45, 2.75) is 4.90 Å². The van der Waals surface area contributed by atoms with Gasteiger partial charge in [-0.2, -0.15) is 0 Å². The zero-order valence-electron chi connectivity index (χ0n) is 9.57. The molecule has 1 heterocycles. The van der Waals surface area contributed by atoms with Gasteiger partial charge in [-0.15, -0.1) is 0 Å². The van der Waals surface area contributed by atoms with Crippen molar-refractivity contribution >= 4 is 10.0 Å². The highest BCUT2D eigenvalue weighted by molar-refractivity contribution is 7.89. The molecule has 0 radical (unpaired) electrons. The van der Waals surface area contributed by atoms with Crippen LogP contribution in [0.3, 0.4) is 0 Å². The highest BCUT2D eigenvalue weighted by atomic mass is 32.2. The third kappa shape index (κ3) is 2.49. The summed E-state index contributed by atoms with van der Waals surface area (Å²) in [4.78, 5) is 2.13. The van der Waals surface area contributed by atoms with Crippen molar-refractivity contribution in [3.05, 3.63) is 47.8 Å². The second-order valence-electron chi connectivity index (χ2n) is 3.79. The van der Waals surface area contributed by atoms with E-state index in [1.807, 2.05) is 0 Å². The van der Waals surface area contributed by atoms with Crippen molar-refractivity contribution in [1.29, 1.82) is 0 Å². The van der Waals surface area contributed by atoms with Gasteiger partial charge < -0.3 is 0 Å². The molecule has 0 aliphatic heterocycles. The van der Waals surface area contributed by atoms with E-state index in [4.69, 9.17) is 5.14 Å². The van der Waals surface area contributed by atoms with Crippen LogP contribution in [0.2, 0.25) is 0 Å².